The van der Waals surface area contributed by atoms with Crippen molar-refractivity contribution in [3.8, 4) is 5.75 Å². The highest BCUT2D eigenvalue weighted by atomic mass is 79.9. The highest BCUT2D eigenvalue weighted by Crippen LogP contribution is 2.26. The van der Waals surface area contributed by atoms with Gasteiger partial charge in [-0.15, -0.1) is 0 Å². The molecule has 0 saturated carbocycles. The van der Waals surface area contributed by atoms with E-state index in [-0.39, 0.29) is 0 Å². The van der Waals surface area contributed by atoms with Crippen molar-refractivity contribution in [1.29, 1.82) is 0 Å². The number of nitrogens with one attached hydrogen (secondary N) is 1. The Labute approximate surface area is 119 Å². The molecule has 102 valence electrons. The summed E-state index contributed by atoms with van der Waals surface area (Å²) in [6.45, 7) is 6.72. The van der Waals surface area contributed by atoms with Gasteiger partial charge in [-0.3, -0.25) is 0 Å². The van der Waals surface area contributed by atoms with Crippen molar-refractivity contribution >= 4 is 15.9 Å². The molecule has 1 N–H and O–H groups in total. The first-order chi connectivity index (χ1) is 8.63. The van der Waals surface area contributed by atoms with Crippen LogP contribution in [0.3, 0.4) is 0 Å². The molecule has 0 bridgehead atoms. The van der Waals surface area contributed by atoms with Gasteiger partial charge in [0.2, 0.25) is 0 Å². The number of aryl methyl sites for hydroxylation is 1. The normalized spacial score (nSPS) is 10.9. The number of rotatable bonds is 8. The number of ether oxygens (including phenoxy) is 1. The number of hydrogen-bond donors (Lipinski definition) is 1. The summed E-state index contributed by atoms with van der Waals surface area (Å²) in [5, 5.41) is 3.47. The van der Waals surface area contributed by atoms with Gasteiger partial charge >= 0.3 is 0 Å². The van der Waals surface area contributed by atoms with Crippen molar-refractivity contribution in [2.24, 2.45) is 5.92 Å². The standard InChI is InChI=1S/C15H24BrNO/c1-12(2)11-17-9-5-4-6-13-7-8-15(18-3)14(16)10-13/h7-8,10,12,17H,4-6,9,11H2,1-3H3. The Bertz CT molecular complexity index is 352. The molecule has 0 saturated heterocycles. The molecule has 0 spiro atoms. The first-order valence-corrected chi connectivity index (χ1v) is 7.46. The molecular formula is C15H24BrNO. The largest absolute Gasteiger partial charge is 0.496 e. The fourth-order valence-electron chi connectivity index (χ4n) is 1.84. The van der Waals surface area contributed by atoms with Crippen LogP contribution >= 0.6 is 15.9 Å². The summed E-state index contributed by atoms with van der Waals surface area (Å²) in [5.41, 5.74) is 1.37. The topological polar surface area (TPSA) is 21.3 Å². The van der Waals surface area contributed by atoms with Gasteiger partial charge in [0, 0.05) is 0 Å². The number of halogens is 1. The lowest BCUT2D eigenvalue weighted by molar-refractivity contribution is 0.412. The fourth-order valence-corrected chi connectivity index (χ4v) is 2.42. The zero-order chi connectivity index (χ0) is 13.4. The van der Waals surface area contributed by atoms with Crippen molar-refractivity contribution in [2.45, 2.75) is 33.1 Å². The second-order valence-corrected chi connectivity index (χ2v) is 5.88. The first kappa shape index (κ1) is 15.5. The average Bonchev–Trinajstić information content (AvgIpc) is 2.33. The monoisotopic (exact) mass is 313 g/mol. The van der Waals surface area contributed by atoms with Crippen molar-refractivity contribution in [3.05, 3.63) is 28.2 Å². The molecule has 0 amide bonds. The minimum absolute atomic E-state index is 0.738. The van der Waals surface area contributed by atoms with E-state index in [4.69, 9.17) is 4.74 Å². The predicted molar refractivity (Wildman–Crippen MR) is 81.3 cm³/mol. The molecule has 1 aromatic rings. The second kappa shape index (κ2) is 8.54. The molecule has 0 aromatic heterocycles. The van der Waals surface area contributed by atoms with Gasteiger partial charge in [0.05, 0.1) is 11.6 Å². The SMILES string of the molecule is COc1ccc(CCCCNCC(C)C)cc1Br. The van der Waals surface area contributed by atoms with Crippen molar-refractivity contribution in [2.75, 3.05) is 20.2 Å². The van der Waals surface area contributed by atoms with Crippen molar-refractivity contribution in [3.63, 3.8) is 0 Å². The highest BCUT2D eigenvalue weighted by molar-refractivity contribution is 9.10. The van der Waals surface area contributed by atoms with Gasteiger partial charge in [0.25, 0.3) is 0 Å². The van der Waals surface area contributed by atoms with Crippen molar-refractivity contribution in [1.82, 2.24) is 5.32 Å². The maximum atomic E-state index is 5.22. The van der Waals surface area contributed by atoms with E-state index < -0.39 is 0 Å². The van der Waals surface area contributed by atoms with E-state index in [1.54, 1.807) is 7.11 Å². The van der Waals surface area contributed by atoms with Crippen molar-refractivity contribution < 1.29 is 4.74 Å². The molecule has 18 heavy (non-hydrogen) atoms. The molecule has 0 aliphatic heterocycles. The third kappa shape index (κ3) is 5.87. The summed E-state index contributed by atoms with van der Waals surface area (Å²) in [7, 11) is 1.69. The molecule has 0 heterocycles. The summed E-state index contributed by atoms with van der Waals surface area (Å²) in [6.07, 6.45) is 3.59. The number of unbranched alkanes of at least 4 members (excludes halogenated alkanes) is 1. The van der Waals surface area contributed by atoms with E-state index in [0.717, 1.165) is 35.7 Å². The smallest absolute Gasteiger partial charge is 0.133 e. The van der Waals surface area contributed by atoms with E-state index >= 15 is 0 Å². The molecule has 3 heteroatoms. The van der Waals surface area contributed by atoms with Gasteiger partial charge in [-0.2, -0.15) is 0 Å². The molecular weight excluding hydrogens is 290 g/mol. The third-order valence-corrected chi connectivity index (χ3v) is 3.46. The van der Waals surface area contributed by atoms with E-state index in [9.17, 15) is 0 Å². The van der Waals surface area contributed by atoms with Crippen LogP contribution in [0.15, 0.2) is 22.7 Å². The number of benzene rings is 1. The molecule has 1 aromatic carbocycles. The Kier molecular flexibility index (Phi) is 7.36. The van der Waals surface area contributed by atoms with E-state index in [2.05, 4.69) is 47.2 Å². The fraction of sp³-hybridized carbons (Fsp3) is 0.600. The minimum Gasteiger partial charge on any atom is -0.496 e. The molecule has 0 aliphatic carbocycles. The van der Waals surface area contributed by atoms with Gasteiger partial charge in [-0.25, -0.2) is 0 Å². The van der Waals surface area contributed by atoms with Crippen LogP contribution in [-0.2, 0) is 6.42 Å². The minimum atomic E-state index is 0.738. The molecule has 0 aliphatic rings. The van der Waals surface area contributed by atoms with Crippen LogP contribution in [0, 0.1) is 5.92 Å². The van der Waals surface area contributed by atoms with Crippen LogP contribution in [0.5, 0.6) is 5.75 Å². The Morgan fingerprint density at radius 2 is 2.06 bits per heavy atom. The third-order valence-electron chi connectivity index (χ3n) is 2.84. The number of hydrogen-bond acceptors (Lipinski definition) is 2. The second-order valence-electron chi connectivity index (χ2n) is 5.02. The maximum Gasteiger partial charge on any atom is 0.133 e. The predicted octanol–water partition coefficient (Wildman–Crippen LogP) is 4.03. The van der Waals surface area contributed by atoms with E-state index in [1.807, 2.05) is 6.07 Å². The highest BCUT2D eigenvalue weighted by Gasteiger charge is 2.01. The average molecular weight is 314 g/mol. The van der Waals surface area contributed by atoms with Crippen LogP contribution in [0.2, 0.25) is 0 Å². The molecule has 0 unspecified atom stereocenters. The Morgan fingerprint density at radius 3 is 2.67 bits per heavy atom. The van der Waals surface area contributed by atoms with Gasteiger partial charge < -0.3 is 10.1 Å². The summed E-state index contributed by atoms with van der Waals surface area (Å²) in [6, 6.07) is 6.32. The molecule has 1 rings (SSSR count). The lowest BCUT2D eigenvalue weighted by Gasteiger charge is -2.08. The lowest BCUT2D eigenvalue weighted by Crippen LogP contribution is -2.20. The zero-order valence-electron chi connectivity index (χ0n) is 11.6. The van der Waals surface area contributed by atoms with Crippen LogP contribution in [0.25, 0.3) is 0 Å². The van der Waals surface area contributed by atoms with Gasteiger partial charge in [0.1, 0.15) is 5.75 Å². The summed E-state index contributed by atoms with van der Waals surface area (Å²) in [5.74, 6) is 1.64. The molecule has 0 fully saturated rings. The Hall–Kier alpha value is -0.540. The van der Waals surface area contributed by atoms with Crippen LogP contribution in [0.1, 0.15) is 32.3 Å². The lowest BCUT2D eigenvalue weighted by atomic mass is 10.1. The Balaban J connectivity index is 2.21. The molecule has 0 atom stereocenters. The maximum absolute atomic E-state index is 5.22. The Morgan fingerprint density at radius 1 is 1.28 bits per heavy atom. The van der Waals surface area contributed by atoms with E-state index in [0.29, 0.717) is 0 Å². The van der Waals surface area contributed by atoms with Crippen LogP contribution in [-0.4, -0.2) is 20.2 Å². The molecule has 0 radical (unpaired) electrons. The zero-order valence-corrected chi connectivity index (χ0v) is 13.2. The van der Waals surface area contributed by atoms with Gasteiger partial charge in [-0.05, 0) is 71.9 Å². The van der Waals surface area contributed by atoms with Crippen LogP contribution < -0.4 is 10.1 Å². The van der Waals surface area contributed by atoms with Gasteiger partial charge in [0.15, 0.2) is 0 Å². The van der Waals surface area contributed by atoms with Gasteiger partial charge in [-0.1, -0.05) is 19.9 Å². The first-order valence-electron chi connectivity index (χ1n) is 6.66. The summed E-state index contributed by atoms with van der Waals surface area (Å²) in [4.78, 5) is 0. The quantitative estimate of drug-likeness (QED) is 0.732. The number of methoxy groups -OCH3 is 1. The molecule has 2 nitrogen and oxygen atoms in total. The van der Waals surface area contributed by atoms with E-state index in [1.165, 1.54) is 18.4 Å². The van der Waals surface area contributed by atoms with Crippen LogP contribution in [0.4, 0.5) is 0 Å². The summed E-state index contributed by atoms with van der Waals surface area (Å²) >= 11 is 3.52. The summed E-state index contributed by atoms with van der Waals surface area (Å²) < 4.78 is 6.27.